The maximum Gasteiger partial charge on any atom is 0.313 e. The molecule has 0 aromatic carbocycles. The van der Waals surface area contributed by atoms with Gasteiger partial charge in [0.25, 0.3) is 0 Å². The van der Waals surface area contributed by atoms with Crippen LogP contribution in [0.15, 0.2) is 0 Å². The maximum absolute atomic E-state index is 11.5. The summed E-state index contributed by atoms with van der Waals surface area (Å²) in [6.45, 7) is 4.12. The summed E-state index contributed by atoms with van der Waals surface area (Å²) in [4.78, 5) is 13.7. The van der Waals surface area contributed by atoms with Gasteiger partial charge < -0.3 is 9.64 Å². The minimum absolute atomic E-state index is 0.0270. The molecule has 1 aliphatic carbocycles. The van der Waals surface area contributed by atoms with Crippen molar-refractivity contribution in [3.05, 3.63) is 0 Å². The molecule has 0 saturated heterocycles. The Labute approximate surface area is 86.4 Å². The molecular weight excluding hydrogens is 178 g/mol. The van der Waals surface area contributed by atoms with Crippen LogP contribution in [0, 0.1) is 5.41 Å². The zero-order valence-electron chi connectivity index (χ0n) is 9.51. The van der Waals surface area contributed by atoms with Crippen LogP contribution in [0.3, 0.4) is 0 Å². The first-order valence-corrected chi connectivity index (χ1v) is 5.41. The Balaban J connectivity index is 2.32. The molecule has 0 aromatic rings. The lowest BCUT2D eigenvalue weighted by atomic mass is 10.1. The van der Waals surface area contributed by atoms with Crippen molar-refractivity contribution in [2.24, 2.45) is 5.41 Å². The fraction of sp³-hybridized carbons (Fsp3) is 0.909. The standard InChI is InChI=1S/C11H21NO2/c1-4-5-8-12(2)9-11(6-7-11)10(13)14-3/h4-9H2,1-3H3. The number of nitrogens with zero attached hydrogens (tertiary/aromatic N) is 1. The third-order valence-corrected chi connectivity index (χ3v) is 2.94. The van der Waals surface area contributed by atoms with Gasteiger partial charge in [-0.05, 0) is 32.9 Å². The van der Waals surface area contributed by atoms with Gasteiger partial charge in [0, 0.05) is 6.54 Å². The van der Waals surface area contributed by atoms with Gasteiger partial charge in [0.15, 0.2) is 0 Å². The molecule has 0 atom stereocenters. The molecule has 0 unspecified atom stereocenters. The van der Waals surface area contributed by atoms with Crippen LogP contribution in [0.1, 0.15) is 32.6 Å². The van der Waals surface area contributed by atoms with Gasteiger partial charge in [0.1, 0.15) is 0 Å². The number of rotatable bonds is 6. The van der Waals surface area contributed by atoms with Gasteiger partial charge >= 0.3 is 5.97 Å². The van der Waals surface area contributed by atoms with E-state index in [1.807, 2.05) is 0 Å². The summed E-state index contributed by atoms with van der Waals surface area (Å²) in [5, 5.41) is 0. The molecule has 0 heterocycles. The molecule has 1 fully saturated rings. The number of hydrogen-bond acceptors (Lipinski definition) is 3. The largest absolute Gasteiger partial charge is 0.469 e. The number of carbonyl (C=O) groups excluding carboxylic acids is 1. The van der Waals surface area contributed by atoms with E-state index in [4.69, 9.17) is 4.74 Å². The summed E-state index contributed by atoms with van der Waals surface area (Å²) in [6.07, 6.45) is 4.40. The first kappa shape index (κ1) is 11.5. The molecule has 0 spiro atoms. The Bertz CT molecular complexity index is 199. The SMILES string of the molecule is CCCCN(C)CC1(C(=O)OC)CC1. The van der Waals surface area contributed by atoms with Crippen molar-refractivity contribution in [3.8, 4) is 0 Å². The van der Waals surface area contributed by atoms with Crippen LogP contribution in [0.4, 0.5) is 0 Å². The molecule has 14 heavy (non-hydrogen) atoms. The highest BCUT2D eigenvalue weighted by Crippen LogP contribution is 2.47. The Kier molecular flexibility index (Phi) is 3.93. The zero-order valence-corrected chi connectivity index (χ0v) is 9.51. The lowest BCUT2D eigenvalue weighted by molar-refractivity contribution is -0.147. The quantitative estimate of drug-likeness (QED) is 0.609. The molecule has 0 aromatic heterocycles. The van der Waals surface area contributed by atoms with Crippen LogP contribution in [0.25, 0.3) is 0 Å². The fourth-order valence-corrected chi connectivity index (χ4v) is 1.82. The Hall–Kier alpha value is -0.570. The topological polar surface area (TPSA) is 29.5 Å². The van der Waals surface area contributed by atoms with Gasteiger partial charge in [0.05, 0.1) is 12.5 Å². The first-order valence-electron chi connectivity index (χ1n) is 5.41. The number of unbranched alkanes of at least 4 members (excludes halogenated alkanes) is 1. The minimum atomic E-state index is -0.156. The molecular formula is C11H21NO2. The van der Waals surface area contributed by atoms with Crippen LogP contribution in [-0.2, 0) is 9.53 Å². The Morgan fingerprint density at radius 1 is 1.50 bits per heavy atom. The summed E-state index contributed by atoms with van der Waals surface area (Å²) < 4.78 is 4.82. The van der Waals surface area contributed by atoms with Crippen molar-refractivity contribution in [2.75, 3.05) is 27.2 Å². The van der Waals surface area contributed by atoms with Crippen molar-refractivity contribution < 1.29 is 9.53 Å². The predicted octanol–water partition coefficient (Wildman–Crippen LogP) is 1.67. The molecule has 3 nitrogen and oxygen atoms in total. The van der Waals surface area contributed by atoms with Crippen molar-refractivity contribution in [2.45, 2.75) is 32.6 Å². The monoisotopic (exact) mass is 199 g/mol. The minimum Gasteiger partial charge on any atom is -0.469 e. The van der Waals surface area contributed by atoms with E-state index >= 15 is 0 Å². The number of esters is 1. The van der Waals surface area contributed by atoms with Crippen LogP contribution < -0.4 is 0 Å². The summed E-state index contributed by atoms with van der Waals surface area (Å²) >= 11 is 0. The van der Waals surface area contributed by atoms with Crippen LogP contribution in [-0.4, -0.2) is 38.1 Å². The summed E-state index contributed by atoms with van der Waals surface area (Å²) in [7, 11) is 3.56. The van der Waals surface area contributed by atoms with Gasteiger partial charge in [0.2, 0.25) is 0 Å². The average molecular weight is 199 g/mol. The second-order valence-corrected chi connectivity index (χ2v) is 4.36. The highest BCUT2D eigenvalue weighted by molar-refractivity contribution is 5.80. The van der Waals surface area contributed by atoms with Crippen LogP contribution in [0.2, 0.25) is 0 Å². The lowest BCUT2D eigenvalue weighted by Gasteiger charge is -2.21. The van der Waals surface area contributed by atoms with Crippen molar-refractivity contribution >= 4 is 5.97 Å². The number of hydrogen-bond donors (Lipinski definition) is 0. The Morgan fingerprint density at radius 2 is 2.14 bits per heavy atom. The van der Waals surface area contributed by atoms with Gasteiger partial charge in [-0.15, -0.1) is 0 Å². The normalized spacial score (nSPS) is 18.3. The number of methoxy groups -OCH3 is 1. The van der Waals surface area contributed by atoms with E-state index in [0.29, 0.717) is 0 Å². The Morgan fingerprint density at radius 3 is 2.57 bits per heavy atom. The second kappa shape index (κ2) is 4.78. The number of carbonyl (C=O) groups is 1. The van der Waals surface area contributed by atoms with Crippen LogP contribution in [0.5, 0.6) is 0 Å². The molecule has 3 heteroatoms. The molecule has 0 amide bonds. The maximum atomic E-state index is 11.5. The highest BCUT2D eigenvalue weighted by atomic mass is 16.5. The summed E-state index contributed by atoms with van der Waals surface area (Å²) in [5.74, 6) is -0.0270. The van der Waals surface area contributed by atoms with Crippen LogP contribution >= 0.6 is 0 Å². The van der Waals surface area contributed by atoms with Gasteiger partial charge in [-0.3, -0.25) is 4.79 Å². The molecule has 1 saturated carbocycles. The van der Waals surface area contributed by atoms with E-state index in [-0.39, 0.29) is 11.4 Å². The van der Waals surface area contributed by atoms with E-state index in [0.717, 1.165) is 25.9 Å². The fourth-order valence-electron chi connectivity index (χ4n) is 1.82. The molecule has 0 N–H and O–H groups in total. The lowest BCUT2D eigenvalue weighted by Crippen LogP contribution is -2.33. The highest BCUT2D eigenvalue weighted by Gasteiger charge is 2.51. The van der Waals surface area contributed by atoms with E-state index in [2.05, 4.69) is 18.9 Å². The van der Waals surface area contributed by atoms with E-state index in [1.54, 1.807) is 0 Å². The van der Waals surface area contributed by atoms with E-state index in [9.17, 15) is 4.79 Å². The molecule has 82 valence electrons. The van der Waals surface area contributed by atoms with Gasteiger partial charge in [-0.1, -0.05) is 13.3 Å². The summed E-state index contributed by atoms with van der Waals surface area (Å²) in [6, 6.07) is 0. The van der Waals surface area contributed by atoms with Crippen molar-refractivity contribution in [1.29, 1.82) is 0 Å². The third kappa shape index (κ3) is 2.71. The van der Waals surface area contributed by atoms with E-state index < -0.39 is 0 Å². The third-order valence-electron chi connectivity index (χ3n) is 2.94. The smallest absolute Gasteiger partial charge is 0.313 e. The molecule has 0 aliphatic heterocycles. The number of ether oxygens (including phenoxy) is 1. The molecule has 0 radical (unpaired) electrons. The molecule has 1 rings (SSSR count). The second-order valence-electron chi connectivity index (χ2n) is 4.36. The first-order chi connectivity index (χ1) is 6.64. The van der Waals surface area contributed by atoms with E-state index in [1.165, 1.54) is 20.0 Å². The summed E-state index contributed by atoms with van der Waals surface area (Å²) in [5.41, 5.74) is -0.156. The average Bonchev–Trinajstić information content (AvgIpc) is 2.94. The van der Waals surface area contributed by atoms with Gasteiger partial charge in [-0.25, -0.2) is 0 Å². The van der Waals surface area contributed by atoms with Crippen molar-refractivity contribution in [3.63, 3.8) is 0 Å². The molecule has 0 bridgehead atoms. The van der Waals surface area contributed by atoms with Crippen molar-refractivity contribution in [1.82, 2.24) is 4.90 Å². The van der Waals surface area contributed by atoms with Gasteiger partial charge in [-0.2, -0.15) is 0 Å². The predicted molar refractivity (Wildman–Crippen MR) is 56.1 cm³/mol. The zero-order chi connectivity index (χ0) is 10.6. The molecule has 1 aliphatic rings.